The summed E-state index contributed by atoms with van der Waals surface area (Å²) in [5.41, 5.74) is -0.248. The molecule has 7 heteroatoms. The van der Waals surface area contributed by atoms with Gasteiger partial charge in [0.15, 0.2) is 17.2 Å². The molecule has 0 saturated carbocycles. The average Bonchev–Trinajstić information content (AvgIpc) is 2.51. The smallest absolute Gasteiger partial charge is 0.349 e. The molecule has 3 N–H and O–H groups in total. The van der Waals surface area contributed by atoms with Gasteiger partial charge in [0.1, 0.15) is 11.3 Å². The van der Waals surface area contributed by atoms with Gasteiger partial charge in [0, 0.05) is 0 Å². The molecule has 2 aromatic carbocycles. The lowest BCUT2D eigenvalue weighted by Crippen LogP contribution is -2.13. The van der Waals surface area contributed by atoms with Crippen LogP contribution in [0.4, 0.5) is 0 Å². The second-order valence-corrected chi connectivity index (χ2v) is 4.24. The molecular formula is C15H12O7. The Hall–Kier alpha value is -3.22. The first kappa shape index (κ1) is 15.2. The molecular weight excluding hydrogens is 292 g/mol. The first-order valence-corrected chi connectivity index (χ1v) is 6.08. The van der Waals surface area contributed by atoms with Gasteiger partial charge in [-0.2, -0.15) is 0 Å². The number of aromatic hydroxyl groups is 3. The molecule has 0 saturated heterocycles. The Kier molecular flexibility index (Phi) is 4.17. The molecule has 22 heavy (non-hydrogen) atoms. The molecule has 2 rings (SSSR count). The Balaban J connectivity index is 2.23. The summed E-state index contributed by atoms with van der Waals surface area (Å²) < 4.78 is 9.64. The van der Waals surface area contributed by atoms with Crippen molar-refractivity contribution >= 4 is 11.9 Å². The first-order valence-electron chi connectivity index (χ1n) is 6.08. The molecule has 0 fully saturated rings. The van der Waals surface area contributed by atoms with Crippen LogP contribution in [0, 0.1) is 0 Å². The summed E-state index contributed by atoms with van der Waals surface area (Å²) in [6.07, 6.45) is 0. The van der Waals surface area contributed by atoms with Crippen molar-refractivity contribution in [2.75, 3.05) is 7.11 Å². The van der Waals surface area contributed by atoms with Gasteiger partial charge in [-0.1, -0.05) is 12.1 Å². The van der Waals surface area contributed by atoms with Crippen LogP contribution in [0.5, 0.6) is 23.0 Å². The van der Waals surface area contributed by atoms with Crippen LogP contribution in [0.3, 0.4) is 0 Å². The number of phenolic OH excluding ortho intramolecular Hbond substituents is 3. The maximum atomic E-state index is 11.9. The second kappa shape index (κ2) is 6.04. The predicted octanol–water partition coefficient (Wildman–Crippen LogP) is 1.81. The van der Waals surface area contributed by atoms with Crippen LogP contribution in [0.2, 0.25) is 0 Å². The minimum atomic E-state index is -1.10. The van der Waals surface area contributed by atoms with E-state index < -0.39 is 29.2 Å². The summed E-state index contributed by atoms with van der Waals surface area (Å²) in [5.74, 6) is -4.01. The van der Waals surface area contributed by atoms with Crippen LogP contribution in [0.15, 0.2) is 36.4 Å². The molecule has 0 bridgehead atoms. The van der Waals surface area contributed by atoms with E-state index in [0.29, 0.717) is 0 Å². The Morgan fingerprint density at radius 3 is 2.14 bits per heavy atom. The number of rotatable bonds is 3. The van der Waals surface area contributed by atoms with Crippen molar-refractivity contribution < 1.29 is 34.4 Å². The van der Waals surface area contributed by atoms with E-state index in [1.54, 1.807) is 12.1 Å². The SMILES string of the molecule is COc1ccccc1C(=O)OC(=O)c1cc(O)c(O)c(O)c1. The molecule has 0 atom stereocenters. The molecule has 7 nitrogen and oxygen atoms in total. The number of benzene rings is 2. The van der Waals surface area contributed by atoms with E-state index in [4.69, 9.17) is 4.74 Å². The molecule has 0 aromatic heterocycles. The van der Waals surface area contributed by atoms with Gasteiger partial charge in [-0.15, -0.1) is 0 Å². The van der Waals surface area contributed by atoms with Gasteiger partial charge in [-0.05, 0) is 24.3 Å². The van der Waals surface area contributed by atoms with E-state index in [-0.39, 0.29) is 16.9 Å². The summed E-state index contributed by atoms with van der Waals surface area (Å²) in [4.78, 5) is 23.8. The van der Waals surface area contributed by atoms with Gasteiger partial charge >= 0.3 is 11.9 Å². The summed E-state index contributed by atoms with van der Waals surface area (Å²) in [6.45, 7) is 0. The molecule has 0 aliphatic rings. The average molecular weight is 304 g/mol. The van der Waals surface area contributed by atoms with Gasteiger partial charge in [-0.3, -0.25) is 0 Å². The number of carbonyl (C=O) groups excluding carboxylic acids is 2. The van der Waals surface area contributed by atoms with E-state index in [0.717, 1.165) is 12.1 Å². The monoisotopic (exact) mass is 304 g/mol. The minimum absolute atomic E-state index is 0.0468. The third kappa shape index (κ3) is 2.93. The Labute approximate surface area is 125 Å². The van der Waals surface area contributed by atoms with Crippen molar-refractivity contribution in [3.8, 4) is 23.0 Å². The molecule has 0 aliphatic heterocycles. The van der Waals surface area contributed by atoms with Gasteiger partial charge in [0.2, 0.25) is 0 Å². The summed E-state index contributed by atoms with van der Waals surface area (Å²) in [5, 5.41) is 27.9. The number of phenols is 3. The maximum Gasteiger partial charge on any atom is 0.349 e. The van der Waals surface area contributed by atoms with Crippen molar-refractivity contribution in [1.82, 2.24) is 0 Å². The minimum Gasteiger partial charge on any atom is -0.504 e. The van der Waals surface area contributed by atoms with E-state index in [9.17, 15) is 24.9 Å². The van der Waals surface area contributed by atoms with E-state index in [1.165, 1.54) is 19.2 Å². The maximum absolute atomic E-state index is 11.9. The van der Waals surface area contributed by atoms with Crippen molar-refractivity contribution in [2.45, 2.75) is 0 Å². The van der Waals surface area contributed by atoms with E-state index in [1.807, 2.05) is 0 Å². The van der Waals surface area contributed by atoms with Crippen LogP contribution >= 0.6 is 0 Å². The van der Waals surface area contributed by atoms with Crippen LogP contribution in [0.1, 0.15) is 20.7 Å². The topological polar surface area (TPSA) is 113 Å². The highest BCUT2D eigenvalue weighted by atomic mass is 16.6. The Morgan fingerprint density at radius 2 is 1.55 bits per heavy atom. The molecule has 0 radical (unpaired) electrons. The van der Waals surface area contributed by atoms with E-state index >= 15 is 0 Å². The molecule has 2 aromatic rings. The fourth-order valence-corrected chi connectivity index (χ4v) is 1.73. The summed E-state index contributed by atoms with van der Waals surface area (Å²) >= 11 is 0. The number of esters is 2. The highest BCUT2D eigenvalue weighted by Crippen LogP contribution is 2.35. The molecule has 0 unspecified atom stereocenters. The van der Waals surface area contributed by atoms with Crippen molar-refractivity contribution in [3.63, 3.8) is 0 Å². The third-order valence-electron chi connectivity index (χ3n) is 2.82. The molecule has 0 amide bonds. The van der Waals surface area contributed by atoms with Gasteiger partial charge < -0.3 is 24.8 Å². The van der Waals surface area contributed by atoms with Crippen LogP contribution in [-0.4, -0.2) is 34.4 Å². The molecule has 0 aliphatic carbocycles. The number of hydrogen-bond donors (Lipinski definition) is 3. The highest BCUT2D eigenvalue weighted by molar-refractivity contribution is 6.04. The van der Waals surface area contributed by atoms with Crippen LogP contribution < -0.4 is 4.74 Å². The summed E-state index contributed by atoms with van der Waals surface area (Å²) in [6, 6.07) is 7.90. The van der Waals surface area contributed by atoms with Crippen molar-refractivity contribution in [2.24, 2.45) is 0 Å². The van der Waals surface area contributed by atoms with Gasteiger partial charge in [0.25, 0.3) is 0 Å². The number of hydrogen-bond acceptors (Lipinski definition) is 7. The molecule has 0 spiro atoms. The van der Waals surface area contributed by atoms with Crippen molar-refractivity contribution in [1.29, 1.82) is 0 Å². The van der Waals surface area contributed by atoms with Crippen LogP contribution in [-0.2, 0) is 4.74 Å². The Bertz CT molecular complexity index is 713. The predicted molar refractivity (Wildman–Crippen MR) is 74.2 cm³/mol. The first-order chi connectivity index (χ1) is 10.4. The summed E-state index contributed by atoms with van der Waals surface area (Å²) in [7, 11) is 1.37. The van der Waals surface area contributed by atoms with Gasteiger partial charge in [0.05, 0.1) is 12.7 Å². The van der Waals surface area contributed by atoms with Gasteiger partial charge in [-0.25, -0.2) is 9.59 Å². The van der Waals surface area contributed by atoms with Crippen molar-refractivity contribution in [3.05, 3.63) is 47.5 Å². The largest absolute Gasteiger partial charge is 0.504 e. The fourth-order valence-electron chi connectivity index (χ4n) is 1.73. The normalized spacial score (nSPS) is 10.0. The number of ether oxygens (including phenoxy) is 2. The lowest BCUT2D eigenvalue weighted by molar-refractivity contribution is 0.0395. The lowest BCUT2D eigenvalue weighted by Gasteiger charge is -2.08. The zero-order chi connectivity index (χ0) is 16.3. The second-order valence-electron chi connectivity index (χ2n) is 4.24. The highest BCUT2D eigenvalue weighted by Gasteiger charge is 2.20. The number of carbonyl (C=O) groups is 2. The molecule has 0 heterocycles. The quantitative estimate of drug-likeness (QED) is 0.450. The number of para-hydroxylation sites is 1. The lowest BCUT2D eigenvalue weighted by atomic mass is 10.2. The standard InChI is InChI=1S/C15H12O7/c1-21-12-5-3-2-4-9(12)15(20)22-14(19)8-6-10(16)13(18)11(17)7-8/h2-7,16-18H,1H3. The van der Waals surface area contributed by atoms with E-state index in [2.05, 4.69) is 4.74 Å². The van der Waals surface area contributed by atoms with Crippen LogP contribution in [0.25, 0.3) is 0 Å². The zero-order valence-corrected chi connectivity index (χ0v) is 11.4. The molecule has 114 valence electrons. The number of methoxy groups -OCH3 is 1. The third-order valence-corrected chi connectivity index (χ3v) is 2.82. The fraction of sp³-hybridized carbons (Fsp3) is 0.0667. The Morgan fingerprint density at radius 1 is 0.955 bits per heavy atom. The zero-order valence-electron chi connectivity index (χ0n) is 11.4.